The second-order valence-electron chi connectivity index (χ2n) is 6.94. The summed E-state index contributed by atoms with van der Waals surface area (Å²) in [5, 5.41) is 19.5. The third kappa shape index (κ3) is 2.83. The Labute approximate surface area is 155 Å². The maximum absolute atomic E-state index is 12.9. The summed E-state index contributed by atoms with van der Waals surface area (Å²) in [5.74, 6) is -1.79. The van der Waals surface area contributed by atoms with Crippen molar-refractivity contribution < 1.29 is 14.7 Å². The Morgan fingerprint density at radius 3 is 2.78 bits per heavy atom. The Morgan fingerprint density at radius 2 is 2.04 bits per heavy atom. The highest BCUT2D eigenvalue weighted by Gasteiger charge is 2.38. The number of hydrogen-bond donors (Lipinski definition) is 1. The minimum atomic E-state index is -0.873. The predicted octanol–water partition coefficient (Wildman–Crippen LogP) is 1.92. The first-order valence-corrected chi connectivity index (χ1v) is 8.75. The number of hydrogen-bond acceptors (Lipinski definition) is 5. The van der Waals surface area contributed by atoms with E-state index in [4.69, 9.17) is 0 Å². The molecule has 0 aliphatic carbocycles. The second-order valence-corrected chi connectivity index (χ2v) is 6.94. The Kier molecular flexibility index (Phi) is 4.10. The molecule has 2 aromatic heterocycles. The van der Waals surface area contributed by atoms with Gasteiger partial charge in [-0.25, -0.2) is 4.68 Å². The SMILES string of the molecule is Cc1c(C(=O)N2C[C@@H](C)[C@H](C(=O)O)C2)nnn1-c1cccc2cnccc12. The molecule has 1 N–H and O–H groups in total. The first-order valence-electron chi connectivity index (χ1n) is 8.75. The lowest BCUT2D eigenvalue weighted by molar-refractivity contribution is -0.142. The van der Waals surface area contributed by atoms with Crippen molar-refractivity contribution in [1.82, 2.24) is 24.9 Å². The van der Waals surface area contributed by atoms with Gasteiger partial charge in [0.1, 0.15) is 0 Å². The minimum absolute atomic E-state index is 0.0904. The molecule has 1 amide bonds. The average molecular weight is 365 g/mol. The van der Waals surface area contributed by atoms with E-state index in [1.807, 2.05) is 31.2 Å². The van der Waals surface area contributed by atoms with Crippen LogP contribution in [-0.2, 0) is 4.79 Å². The van der Waals surface area contributed by atoms with Crippen LogP contribution >= 0.6 is 0 Å². The molecule has 4 rings (SSSR count). The van der Waals surface area contributed by atoms with Crippen molar-refractivity contribution in [3.8, 4) is 5.69 Å². The highest BCUT2D eigenvalue weighted by atomic mass is 16.4. The molecule has 3 aromatic rings. The molecule has 1 aromatic carbocycles. The largest absolute Gasteiger partial charge is 0.481 e. The van der Waals surface area contributed by atoms with Crippen molar-refractivity contribution in [3.05, 3.63) is 48.0 Å². The third-order valence-corrected chi connectivity index (χ3v) is 5.20. The van der Waals surface area contributed by atoms with E-state index in [1.54, 1.807) is 28.9 Å². The fourth-order valence-corrected chi connectivity index (χ4v) is 3.65. The Bertz CT molecular complexity index is 1040. The summed E-state index contributed by atoms with van der Waals surface area (Å²) in [6.07, 6.45) is 3.48. The molecule has 3 heterocycles. The standard InChI is InChI=1S/C19H19N5O3/c1-11-9-23(10-15(11)19(26)27)18(25)17-12(2)24(22-21-17)16-5-3-4-13-8-20-7-6-14(13)16/h3-8,11,15H,9-10H2,1-2H3,(H,26,27)/t11-,15-/m1/s1. The number of carbonyl (C=O) groups excluding carboxylic acids is 1. The Hall–Kier alpha value is -3.29. The van der Waals surface area contributed by atoms with Crippen molar-refractivity contribution in [3.63, 3.8) is 0 Å². The topological polar surface area (TPSA) is 101 Å². The van der Waals surface area contributed by atoms with Gasteiger partial charge in [0, 0.05) is 36.3 Å². The van der Waals surface area contributed by atoms with E-state index in [0.717, 1.165) is 16.5 Å². The van der Waals surface area contributed by atoms with E-state index in [9.17, 15) is 14.7 Å². The van der Waals surface area contributed by atoms with Crippen LogP contribution in [0.25, 0.3) is 16.5 Å². The summed E-state index contributed by atoms with van der Waals surface area (Å²) >= 11 is 0. The number of carboxylic acids is 1. The van der Waals surface area contributed by atoms with Gasteiger partial charge in [-0.3, -0.25) is 14.6 Å². The molecule has 0 saturated carbocycles. The molecule has 1 aliphatic heterocycles. The van der Waals surface area contributed by atoms with E-state index < -0.39 is 11.9 Å². The first-order chi connectivity index (χ1) is 13.0. The Morgan fingerprint density at radius 1 is 1.22 bits per heavy atom. The molecule has 8 heteroatoms. The summed E-state index contributed by atoms with van der Waals surface area (Å²) in [7, 11) is 0. The number of aliphatic carboxylic acids is 1. The molecule has 0 bridgehead atoms. The number of benzene rings is 1. The zero-order valence-electron chi connectivity index (χ0n) is 15.0. The number of pyridine rings is 1. The monoisotopic (exact) mass is 365 g/mol. The summed E-state index contributed by atoms with van der Waals surface area (Å²) in [5.41, 5.74) is 1.69. The van der Waals surface area contributed by atoms with Crippen molar-refractivity contribution in [2.75, 3.05) is 13.1 Å². The number of carbonyl (C=O) groups is 2. The van der Waals surface area contributed by atoms with Gasteiger partial charge in [-0.15, -0.1) is 5.10 Å². The van der Waals surface area contributed by atoms with Crippen molar-refractivity contribution >= 4 is 22.6 Å². The van der Waals surface area contributed by atoms with Crippen LogP contribution < -0.4 is 0 Å². The Balaban J connectivity index is 1.69. The average Bonchev–Trinajstić information content (AvgIpc) is 3.24. The van der Waals surface area contributed by atoms with E-state index in [-0.39, 0.29) is 24.1 Å². The highest BCUT2D eigenvalue weighted by Crippen LogP contribution is 2.26. The van der Waals surface area contributed by atoms with E-state index >= 15 is 0 Å². The fraction of sp³-hybridized carbons (Fsp3) is 0.316. The molecule has 0 radical (unpaired) electrons. The van der Waals surface area contributed by atoms with E-state index in [2.05, 4.69) is 15.3 Å². The maximum Gasteiger partial charge on any atom is 0.308 e. The lowest BCUT2D eigenvalue weighted by atomic mass is 9.99. The number of fused-ring (bicyclic) bond motifs is 1. The van der Waals surface area contributed by atoms with Gasteiger partial charge in [-0.1, -0.05) is 24.3 Å². The van der Waals surface area contributed by atoms with E-state index in [0.29, 0.717) is 12.2 Å². The lowest BCUT2D eigenvalue weighted by Gasteiger charge is -2.14. The highest BCUT2D eigenvalue weighted by molar-refractivity contribution is 5.95. The fourth-order valence-electron chi connectivity index (χ4n) is 3.65. The van der Waals surface area contributed by atoms with Crippen LogP contribution in [0.2, 0.25) is 0 Å². The van der Waals surface area contributed by atoms with Gasteiger partial charge in [0.05, 0.1) is 17.3 Å². The molecule has 0 unspecified atom stereocenters. The second kappa shape index (κ2) is 6.46. The lowest BCUT2D eigenvalue weighted by Crippen LogP contribution is -2.30. The quantitative estimate of drug-likeness (QED) is 0.761. The van der Waals surface area contributed by atoms with Crippen molar-refractivity contribution in [1.29, 1.82) is 0 Å². The summed E-state index contributed by atoms with van der Waals surface area (Å²) in [6, 6.07) is 7.67. The van der Waals surface area contributed by atoms with Gasteiger partial charge in [0.2, 0.25) is 0 Å². The van der Waals surface area contributed by atoms with Gasteiger partial charge < -0.3 is 10.0 Å². The zero-order chi connectivity index (χ0) is 19.1. The van der Waals surface area contributed by atoms with Crippen LogP contribution in [0.4, 0.5) is 0 Å². The van der Waals surface area contributed by atoms with Crippen LogP contribution in [-0.4, -0.2) is 55.0 Å². The number of likely N-dealkylation sites (tertiary alicyclic amines) is 1. The van der Waals surface area contributed by atoms with Crippen LogP contribution in [0.5, 0.6) is 0 Å². The van der Waals surface area contributed by atoms with Gasteiger partial charge in [0.25, 0.3) is 5.91 Å². The molecular weight excluding hydrogens is 346 g/mol. The van der Waals surface area contributed by atoms with Gasteiger partial charge >= 0.3 is 5.97 Å². The summed E-state index contributed by atoms with van der Waals surface area (Å²) in [6.45, 7) is 4.24. The first kappa shape index (κ1) is 17.1. The van der Waals surface area contributed by atoms with Crippen molar-refractivity contribution in [2.24, 2.45) is 11.8 Å². The molecule has 2 atom stereocenters. The molecule has 138 valence electrons. The smallest absolute Gasteiger partial charge is 0.308 e. The predicted molar refractivity (Wildman–Crippen MR) is 97.6 cm³/mol. The zero-order valence-corrected chi connectivity index (χ0v) is 15.0. The van der Waals surface area contributed by atoms with Crippen LogP contribution in [0.15, 0.2) is 36.7 Å². The van der Waals surface area contributed by atoms with Gasteiger partial charge in [-0.05, 0) is 25.0 Å². The number of carboxylic acid groups (broad SMARTS) is 1. The normalized spacial score (nSPS) is 19.6. The van der Waals surface area contributed by atoms with Crippen LogP contribution in [0.1, 0.15) is 23.1 Å². The molecule has 1 fully saturated rings. The molecule has 8 nitrogen and oxygen atoms in total. The maximum atomic E-state index is 12.9. The van der Waals surface area contributed by atoms with Crippen LogP contribution in [0, 0.1) is 18.8 Å². The molecule has 1 saturated heterocycles. The minimum Gasteiger partial charge on any atom is -0.481 e. The van der Waals surface area contributed by atoms with E-state index in [1.165, 1.54) is 0 Å². The van der Waals surface area contributed by atoms with Gasteiger partial charge in [-0.2, -0.15) is 0 Å². The summed E-state index contributed by atoms with van der Waals surface area (Å²) < 4.78 is 1.64. The molecule has 1 aliphatic rings. The van der Waals surface area contributed by atoms with Gasteiger partial charge in [0.15, 0.2) is 5.69 Å². The molecule has 27 heavy (non-hydrogen) atoms. The number of amides is 1. The number of nitrogens with zero attached hydrogens (tertiary/aromatic N) is 5. The number of rotatable bonds is 3. The number of aromatic nitrogens is 4. The molecule has 0 spiro atoms. The van der Waals surface area contributed by atoms with Crippen molar-refractivity contribution in [2.45, 2.75) is 13.8 Å². The summed E-state index contributed by atoms with van der Waals surface area (Å²) in [4.78, 5) is 29.9. The van der Waals surface area contributed by atoms with Crippen LogP contribution in [0.3, 0.4) is 0 Å². The molecular formula is C19H19N5O3. The third-order valence-electron chi connectivity index (χ3n) is 5.20.